The van der Waals surface area contributed by atoms with Crippen LogP contribution >= 0.6 is 12.4 Å². The highest BCUT2D eigenvalue weighted by molar-refractivity contribution is 5.97. The van der Waals surface area contributed by atoms with Gasteiger partial charge in [-0.15, -0.1) is 12.4 Å². The van der Waals surface area contributed by atoms with Gasteiger partial charge in [-0.05, 0) is 57.5 Å². The largest absolute Gasteiger partial charge is 0.412 e. The standard InChI is InChI=1S/C20H37N5O2.ClH.H2O/c21-17(15-26)10-5-14-25(20(22)23)19(27)18-11-6-13-24(18)12-4-9-16-7-2-1-3-8-16;;/h15-18H,1-14,21H2,(H3,22,23);1H;1H2/t17-,18-;;/m0../s1. The van der Waals surface area contributed by atoms with E-state index in [1.54, 1.807) is 0 Å². The van der Waals surface area contributed by atoms with Crippen LogP contribution in [-0.2, 0) is 9.59 Å². The van der Waals surface area contributed by atoms with Gasteiger partial charge in [-0.1, -0.05) is 32.1 Å². The van der Waals surface area contributed by atoms with Crippen molar-refractivity contribution in [3.8, 4) is 0 Å². The van der Waals surface area contributed by atoms with Crippen molar-refractivity contribution >= 4 is 30.6 Å². The minimum absolute atomic E-state index is 0. The number of nitrogens with one attached hydrogen (secondary N) is 1. The van der Waals surface area contributed by atoms with Crippen LogP contribution in [0.5, 0.6) is 0 Å². The van der Waals surface area contributed by atoms with E-state index >= 15 is 0 Å². The van der Waals surface area contributed by atoms with E-state index in [0.717, 1.165) is 38.3 Å². The second-order valence-corrected chi connectivity index (χ2v) is 8.16. The quantitative estimate of drug-likeness (QED) is 0.270. The van der Waals surface area contributed by atoms with Crippen LogP contribution in [0.2, 0.25) is 0 Å². The molecule has 7 N–H and O–H groups in total. The molecule has 1 aliphatic carbocycles. The lowest BCUT2D eigenvalue weighted by molar-refractivity contribution is -0.132. The molecule has 0 aromatic rings. The van der Waals surface area contributed by atoms with Crippen molar-refractivity contribution in [2.24, 2.45) is 17.4 Å². The van der Waals surface area contributed by atoms with Crippen molar-refractivity contribution in [2.75, 3.05) is 19.6 Å². The summed E-state index contributed by atoms with van der Waals surface area (Å²) < 4.78 is 0. The third-order valence-corrected chi connectivity index (χ3v) is 6.08. The molecule has 0 aromatic heterocycles. The number of aldehydes is 1. The Kier molecular flexibility index (Phi) is 14.1. The molecule has 0 spiro atoms. The van der Waals surface area contributed by atoms with Gasteiger partial charge in [0.25, 0.3) is 0 Å². The van der Waals surface area contributed by atoms with E-state index in [0.29, 0.717) is 25.7 Å². The molecule has 0 unspecified atom stereocenters. The van der Waals surface area contributed by atoms with Gasteiger partial charge in [-0.3, -0.25) is 20.0 Å². The number of nitrogens with zero attached hydrogens (tertiary/aromatic N) is 2. The van der Waals surface area contributed by atoms with Gasteiger partial charge < -0.3 is 21.7 Å². The maximum Gasteiger partial charge on any atom is 0.246 e. The summed E-state index contributed by atoms with van der Waals surface area (Å²) in [6, 6.07) is -0.684. The third-order valence-electron chi connectivity index (χ3n) is 6.08. The molecule has 2 aliphatic rings. The van der Waals surface area contributed by atoms with Crippen LogP contribution in [0.1, 0.15) is 70.6 Å². The predicted octanol–water partition coefficient (Wildman–Crippen LogP) is 1.44. The van der Waals surface area contributed by atoms with Gasteiger partial charge in [-0.2, -0.15) is 0 Å². The number of rotatable bonds is 10. The number of halogens is 1. The number of carbonyl (C=O) groups is 2. The molecular formula is C20H40ClN5O3. The molecule has 8 nitrogen and oxygen atoms in total. The van der Waals surface area contributed by atoms with Gasteiger partial charge in [0.05, 0.1) is 12.1 Å². The average Bonchev–Trinajstić information content (AvgIpc) is 3.13. The lowest BCUT2D eigenvalue weighted by atomic mass is 9.86. The molecule has 0 bridgehead atoms. The van der Waals surface area contributed by atoms with Crippen LogP contribution in [0.4, 0.5) is 0 Å². The van der Waals surface area contributed by atoms with Crippen LogP contribution in [0.3, 0.4) is 0 Å². The topological polar surface area (TPSA) is 148 Å². The SMILES string of the molecule is Cl.N=C(N)N(CCC[C@H](N)C=O)C(=O)[C@@H]1CCCN1CCCC1CCCCC1.O. The Morgan fingerprint density at radius 2 is 1.86 bits per heavy atom. The summed E-state index contributed by atoms with van der Waals surface area (Å²) >= 11 is 0. The van der Waals surface area contributed by atoms with Crippen LogP contribution in [-0.4, -0.2) is 65.1 Å². The van der Waals surface area contributed by atoms with Gasteiger partial charge in [0.1, 0.15) is 6.29 Å². The van der Waals surface area contributed by atoms with Crippen LogP contribution in [0, 0.1) is 11.3 Å². The van der Waals surface area contributed by atoms with E-state index in [-0.39, 0.29) is 35.8 Å². The van der Waals surface area contributed by atoms with Crippen molar-refractivity contribution in [2.45, 2.75) is 82.7 Å². The second kappa shape index (κ2) is 14.7. The first-order chi connectivity index (χ1) is 13.0. The van der Waals surface area contributed by atoms with Gasteiger partial charge in [-0.25, -0.2) is 0 Å². The highest BCUT2D eigenvalue weighted by Gasteiger charge is 2.34. The van der Waals surface area contributed by atoms with E-state index in [4.69, 9.17) is 16.9 Å². The number of hydrogen-bond acceptors (Lipinski definition) is 5. The molecule has 9 heteroatoms. The Morgan fingerprint density at radius 3 is 2.48 bits per heavy atom. The molecule has 1 aliphatic heterocycles. The predicted molar refractivity (Wildman–Crippen MR) is 118 cm³/mol. The first-order valence-electron chi connectivity index (χ1n) is 10.6. The molecule has 1 amide bonds. The zero-order valence-electron chi connectivity index (χ0n) is 17.5. The van der Waals surface area contributed by atoms with Gasteiger partial charge in [0.2, 0.25) is 5.91 Å². The van der Waals surface area contributed by atoms with E-state index in [1.807, 2.05) is 0 Å². The van der Waals surface area contributed by atoms with Crippen molar-refractivity contribution in [1.82, 2.24) is 9.80 Å². The van der Waals surface area contributed by atoms with Crippen molar-refractivity contribution in [1.29, 1.82) is 5.41 Å². The minimum Gasteiger partial charge on any atom is -0.412 e. The normalized spacial score (nSPS) is 20.9. The summed E-state index contributed by atoms with van der Waals surface area (Å²) in [7, 11) is 0. The number of guanidine groups is 1. The lowest BCUT2D eigenvalue weighted by Crippen LogP contribution is -2.51. The average molecular weight is 434 g/mol. The van der Waals surface area contributed by atoms with Gasteiger partial charge in [0, 0.05) is 6.54 Å². The lowest BCUT2D eigenvalue weighted by Gasteiger charge is -2.30. The van der Waals surface area contributed by atoms with E-state index in [2.05, 4.69) is 4.90 Å². The van der Waals surface area contributed by atoms with Gasteiger partial charge >= 0.3 is 0 Å². The smallest absolute Gasteiger partial charge is 0.246 e. The molecule has 2 atom stereocenters. The fourth-order valence-corrected chi connectivity index (χ4v) is 4.51. The monoisotopic (exact) mass is 433 g/mol. The van der Waals surface area contributed by atoms with Gasteiger partial charge in [0.15, 0.2) is 5.96 Å². The Bertz CT molecular complexity index is 503. The Hall–Kier alpha value is -1.22. The van der Waals surface area contributed by atoms with Crippen molar-refractivity contribution < 1.29 is 15.1 Å². The fourth-order valence-electron chi connectivity index (χ4n) is 4.51. The molecule has 0 aromatic carbocycles. The maximum atomic E-state index is 13.0. The van der Waals surface area contributed by atoms with E-state index in [1.165, 1.54) is 43.4 Å². The first-order valence-corrected chi connectivity index (χ1v) is 10.6. The Labute approximate surface area is 181 Å². The summed E-state index contributed by atoms with van der Waals surface area (Å²) in [4.78, 5) is 27.2. The summed E-state index contributed by atoms with van der Waals surface area (Å²) in [6.07, 6.45) is 12.9. The highest BCUT2D eigenvalue weighted by atomic mass is 35.5. The molecule has 1 saturated heterocycles. The molecule has 0 radical (unpaired) electrons. The van der Waals surface area contributed by atoms with Crippen LogP contribution < -0.4 is 11.5 Å². The first kappa shape index (κ1) is 27.8. The number of nitrogens with two attached hydrogens (primary N) is 2. The van der Waals surface area contributed by atoms with Crippen LogP contribution in [0.15, 0.2) is 0 Å². The zero-order chi connectivity index (χ0) is 19.6. The number of carbonyl (C=O) groups excluding carboxylic acids is 2. The second-order valence-electron chi connectivity index (χ2n) is 8.16. The molecule has 1 saturated carbocycles. The fraction of sp³-hybridized carbons (Fsp3) is 0.850. The summed E-state index contributed by atoms with van der Waals surface area (Å²) in [5, 5.41) is 7.78. The summed E-state index contributed by atoms with van der Waals surface area (Å²) in [5.41, 5.74) is 11.3. The zero-order valence-corrected chi connectivity index (χ0v) is 18.3. The molecule has 2 rings (SSSR count). The van der Waals surface area contributed by atoms with Crippen LogP contribution in [0.25, 0.3) is 0 Å². The van der Waals surface area contributed by atoms with Crippen molar-refractivity contribution in [3.05, 3.63) is 0 Å². The molecule has 170 valence electrons. The summed E-state index contributed by atoms with van der Waals surface area (Å²) in [6.45, 7) is 2.25. The minimum atomic E-state index is -0.517. The number of amides is 1. The third kappa shape index (κ3) is 8.99. The Balaban J connectivity index is 0.00000392. The highest BCUT2D eigenvalue weighted by Crippen LogP contribution is 2.28. The summed E-state index contributed by atoms with van der Waals surface area (Å²) in [5.74, 6) is 0.581. The van der Waals surface area contributed by atoms with E-state index in [9.17, 15) is 9.59 Å². The van der Waals surface area contributed by atoms with E-state index < -0.39 is 6.04 Å². The number of hydrogen-bond donors (Lipinski definition) is 3. The number of likely N-dealkylation sites (tertiary alicyclic amines) is 1. The molecule has 1 heterocycles. The Morgan fingerprint density at radius 1 is 1.17 bits per heavy atom. The van der Waals surface area contributed by atoms with Crippen molar-refractivity contribution in [3.63, 3.8) is 0 Å². The molecule has 2 fully saturated rings. The molecular weight excluding hydrogens is 394 g/mol. The maximum absolute atomic E-state index is 13.0. The molecule has 29 heavy (non-hydrogen) atoms.